The minimum atomic E-state index is -0.960. The molecule has 6 heteroatoms. The number of thiazole rings is 1. The normalized spacial score (nSPS) is 15.0. The second-order valence-electron chi connectivity index (χ2n) is 6.12. The topological polar surface area (TPSA) is 70.5 Å². The molecule has 1 aliphatic rings. The summed E-state index contributed by atoms with van der Waals surface area (Å²) in [6.07, 6.45) is 2.69. The molecule has 1 heterocycles. The Hall–Kier alpha value is -2.21. The molecule has 3 rings (SSSR count). The van der Waals surface area contributed by atoms with Crippen LogP contribution >= 0.6 is 11.3 Å². The number of aliphatic carboxylic acids is 1. The predicted molar refractivity (Wildman–Crippen MR) is 92.0 cm³/mol. The van der Waals surface area contributed by atoms with Gasteiger partial charge in [-0.25, -0.2) is 9.78 Å². The molecule has 1 N–H and O–H groups in total. The van der Waals surface area contributed by atoms with Gasteiger partial charge in [0.1, 0.15) is 6.04 Å². The van der Waals surface area contributed by atoms with Gasteiger partial charge in [0.2, 0.25) is 5.91 Å². The lowest BCUT2D eigenvalue weighted by atomic mass is 10.2. The van der Waals surface area contributed by atoms with Crippen LogP contribution in [0.5, 0.6) is 0 Å². The van der Waals surface area contributed by atoms with Crippen LogP contribution in [0.1, 0.15) is 36.0 Å². The van der Waals surface area contributed by atoms with Gasteiger partial charge in [-0.2, -0.15) is 0 Å². The van der Waals surface area contributed by atoms with Crippen LogP contribution in [0.3, 0.4) is 0 Å². The third kappa shape index (κ3) is 4.00. The van der Waals surface area contributed by atoms with E-state index in [1.165, 1.54) is 21.8 Å². The maximum atomic E-state index is 12.5. The van der Waals surface area contributed by atoms with Crippen molar-refractivity contribution in [1.82, 2.24) is 9.88 Å². The molecule has 2 aromatic rings. The second kappa shape index (κ2) is 7.13. The zero-order chi connectivity index (χ0) is 17.1. The average molecular weight is 344 g/mol. The lowest BCUT2D eigenvalue weighted by Crippen LogP contribution is -2.45. The monoisotopic (exact) mass is 344 g/mol. The van der Waals surface area contributed by atoms with Crippen molar-refractivity contribution < 1.29 is 14.7 Å². The largest absolute Gasteiger partial charge is 0.480 e. The highest BCUT2D eigenvalue weighted by Gasteiger charge is 2.38. The van der Waals surface area contributed by atoms with Gasteiger partial charge in [-0.1, -0.05) is 30.3 Å². The highest BCUT2D eigenvalue weighted by molar-refractivity contribution is 7.09. The number of rotatable bonds is 7. The molecule has 126 valence electrons. The summed E-state index contributed by atoms with van der Waals surface area (Å²) < 4.78 is 0. The third-order valence-electron chi connectivity index (χ3n) is 4.13. The Morgan fingerprint density at radius 2 is 2.04 bits per heavy atom. The maximum Gasteiger partial charge on any atom is 0.326 e. The van der Waals surface area contributed by atoms with Gasteiger partial charge >= 0.3 is 5.97 Å². The molecule has 1 amide bonds. The molecule has 1 atom stereocenters. The SMILES string of the molecule is CC(C(=O)O)N(C(=O)Cc1csc(Cc2ccccc2)n1)C1CC1. The quantitative estimate of drug-likeness (QED) is 0.838. The van der Waals surface area contributed by atoms with Crippen LogP contribution in [0, 0.1) is 0 Å². The van der Waals surface area contributed by atoms with E-state index >= 15 is 0 Å². The van der Waals surface area contributed by atoms with Gasteiger partial charge in [0, 0.05) is 17.8 Å². The molecule has 1 saturated carbocycles. The molecule has 1 aromatic heterocycles. The Balaban J connectivity index is 1.65. The summed E-state index contributed by atoms with van der Waals surface area (Å²) in [5.41, 5.74) is 1.91. The Bertz CT molecular complexity index is 725. The molecule has 1 unspecified atom stereocenters. The standard InChI is InChI=1S/C18H20N2O3S/c1-12(18(22)23)20(15-7-8-15)17(21)10-14-11-24-16(19-14)9-13-5-3-2-4-6-13/h2-6,11-12,15H,7-10H2,1H3,(H,22,23). The van der Waals surface area contributed by atoms with Gasteiger partial charge in [0.05, 0.1) is 17.1 Å². The first kappa shape index (κ1) is 16.6. The van der Waals surface area contributed by atoms with E-state index in [1.807, 2.05) is 23.6 Å². The highest BCUT2D eigenvalue weighted by Crippen LogP contribution is 2.29. The van der Waals surface area contributed by atoms with Gasteiger partial charge in [-0.05, 0) is 25.3 Å². The maximum absolute atomic E-state index is 12.5. The predicted octanol–water partition coefficient (Wildman–Crippen LogP) is 2.74. The summed E-state index contributed by atoms with van der Waals surface area (Å²) in [6, 6.07) is 9.36. The van der Waals surface area contributed by atoms with Crippen molar-refractivity contribution in [2.45, 2.75) is 44.7 Å². The molecule has 0 aliphatic heterocycles. The van der Waals surface area contributed by atoms with Crippen LogP contribution in [0.4, 0.5) is 0 Å². The summed E-state index contributed by atoms with van der Waals surface area (Å²) in [7, 11) is 0. The van der Waals surface area contributed by atoms with Crippen LogP contribution in [0.2, 0.25) is 0 Å². The third-order valence-corrected chi connectivity index (χ3v) is 5.03. The Kier molecular flexibility index (Phi) is 4.94. The molecular formula is C18H20N2O3S. The van der Waals surface area contributed by atoms with Crippen LogP contribution in [-0.4, -0.2) is 39.0 Å². The summed E-state index contributed by atoms with van der Waals surface area (Å²) in [5, 5.41) is 12.1. The first-order valence-corrected chi connectivity index (χ1v) is 8.93. The molecule has 1 aliphatic carbocycles. The number of carbonyl (C=O) groups excluding carboxylic acids is 1. The summed E-state index contributed by atoms with van der Waals surface area (Å²) in [4.78, 5) is 29.8. The van der Waals surface area contributed by atoms with E-state index in [9.17, 15) is 14.7 Å². The molecule has 0 bridgehead atoms. The van der Waals surface area contributed by atoms with E-state index in [1.54, 1.807) is 6.92 Å². The first-order valence-electron chi connectivity index (χ1n) is 8.05. The Morgan fingerprint density at radius 1 is 1.33 bits per heavy atom. The molecule has 24 heavy (non-hydrogen) atoms. The smallest absolute Gasteiger partial charge is 0.326 e. The number of carbonyl (C=O) groups is 2. The fraction of sp³-hybridized carbons (Fsp3) is 0.389. The summed E-state index contributed by atoms with van der Waals surface area (Å²) >= 11 is 1.54. The van der Waals surface area contributed by atoms with E-state index in [2.05, 4.69) is 17.1 Å². The van der Waals surface area contributed by atoms with Crippen molar-refractivity contribution in [1.29, 1.82) is 0 Å². The number of aromatic nitrogens is 1. The fourth-order valence-corrected chi connectivity index (χ4v) is 3.56. The highest BCUT2D eigenvalue weighted by atomic mass is 32.1. The van der Waals surface area contributed by atoms with E-state index < -0.39 is 12.0 Å². The Morgan fingerprint density at radius 3 is 2.67 bits per heavy atom. The van der Waals surface area contributed by atoms with Crippen molar-refractivity contribution in [2.24, 2.45) is 0 Å². The number of carboxylic acids is 1. The summed E-state index contributed by atoms with van der Waals surface area (Å²) in [6.45, 7) is 1.57. The van der Waals surface area contributed by atoms with Crippen molar-refractivity contribution in [3.8, 4) is 0 Å². The van der Waals surface area contributed by atoms with Crippen LogP contribution in [-0.2, 0) is 22.4 Å². The van der Waals surface area contributed by atoms with Crippen molar-refractivity contribution in [3.63, 3.8) is 0 Å². The number of hydrogen-bond donors (Lipinski definition) is 1. The van der Waals surface area contributed by atoms with Gasteiger partial charge in [0.25, 0.3) is 0 Å². The van der Waals surface area contributed by atoms with Gasteiger partial charge in [-0.15, -0.1) is 11.3 Å². The molecular weight excluding hydrogens is 324 g/mol. The van der Waals surface area contributed by atoms with E-state index in [0.29, 0.717) is 0 Å². The van der Waals surface area contributed by atoms with E-state index in [0.717, 1.165) is 30.0 Å². The number of benzene rings is 1. The lowest BCUT2D eigenvalue weighted by molar-refractivity contribution is -0.149. The molecule has 0 spiro atoms. The zero-order valence-corrected chi connectivity index (χ0v) is 14.3. The van der Waals surface area contributed by atoms with Crippen LogP contribution in [0.15, 0.2) is 35.7 Å². The number of carboxylic acid groups (broad SMARTS) is 1. The first-order chi connectivity index (χ1) is 11.5. The van der Waals surface area contributed by atoms with Crippen molar-refractivity contribution in [3.05, 3.63) is 52.0 Å². The minimum absolute atomic E-state index is 0.0750. The summed E-state index contributed by atoms with van der Waals surface area (Å²) in [5.74, 6) is -1.11. The minimum Gasteiger partial charge on any atom is -0.480 e. The zero-order valence-electron chi connectivity index (χ0n) is 13.5. The lowest BCUT2D eigenvalue weighted by Gasteiger charge is -2.26. The van der Waals surface area contributed by atoms with E-state index in [-0.39, 0.29) is 18.4 Å². The molecule has 0 saturated heterocycles. The second-order valence-corrected chi connectivity index (χ2v) is 7.06. The molecule has 5 nitrogen and oxygen atoms in total. The van der Waals surface area contributed by atoms with Gasteiger partial charge in [-0.3, -0.25) is 4.79 Å². The van der Waals surface area contributed by atoms with Gasteiger partial charge < -0.3 is 10.0 Å². The molecule has 1 fully saturated rings. The van der Waals surface area contributed by atoms with Gasteiger partial charge in [0.15, 0.2) is 0 Å². The average Bonchev–Trinajstić information content (AvgIpc) is 3.29. The number of amides is 1. The van der Waals surface area contributed by atoms with Crippen LogP contribution < -0.4 is 0 Å². The Labute approximate surface area is 145 Å². The van der Waals surface area contributed by atoms with Crippen molar-refractivity contribution in [2.75, 3.05) is 0 Å². The molecule has 1 aromatic carbocycles. The van der Waals surface area contributed by atoms with Crippen molar-refractivity contribution >= 4 is 23.2 Å². The molecule has 0 radical (unpaired) electrons. The van der Waals surface area contributed by atoms with E-state index in [4.69, 9.17) is 0 Å². The van der Waals surface area contributed by atoms with Crippen LogP contribution in [0.25, 0.3) is 0 Å². The number of nitrogens with zero attached hydrogens (tertiary/aromatic N) is 2. The fourth-order valence-electron chi connectivity index (χ4n) is 2.74. The number of hydrogen-bond acceptors (Lipinski definition) is 4.